The fourth-order valence-corrected chi connectivity index (χ4v) is 1.92. The molecule has 0 N–H and O–H groups in total. The van der Waals surface area contributed by atoms with E-state index in [9.17, 15) is 4.79 Å². The SMILES string of the molecule is C=CC[N+]1(OC(=O)CC)CCCCC1. The maximum absolute atomic E-state index is 11.3. The summed E-state index contributed by atoms with van der Waals surface area (Å²) in [6.45, 7) is 8.18. The summed E-state index contributed by atoms with van der Waals surface area (Å²) in [6, 6.07) is 0. The summed E-state index contributed by atoms with van der Waals surface area (Å²) >= 11 is 0. The van der Waals surface area contributed by atoms with Gasteiger partial charge in [0.2, 0.25) is 0 Å². The molecule has 0 atom stereocenters. The quantitative estimate of drug-likeness (QED) is 0.510. The average Bonchev–Trinajstić information content (AvgIpc) is 2.19. The van der Waals surface area contributed by atoms with E-state index < -0.39 is 0 Å². The van der Waals surface area contributed by atoms with Crippen LogP contribution in [0.3, 0.4) is 0 Å². The van der Waals surface area contributed by atoms with Gasteiger partial charge in [0.05, 0.1) is 0 Å². The summed E-state index contributed by atoms with van der Waals surface area (Å²) in [4.78, 5) is 16.8. The Morgan fingerprint density at radius 3 is 2.57 bits per heavy atom. The van der Waals surface area contributed by atoms with Crippen LogP contribution in [0.25, 0.3) is 0 Å². The van der Waals surface area contributed by atoms with Crippen molar-refractivity contribution < 1.29 is 14.3 Å². The number of rotatable bonds is 4. The lowest BCUT2D eigenvalue weighted by Crippen LogP contribution is -2.52. The molecule has 0 unspecified atom stereocenters. The second kappa shape index (κ2) is 5.15. The Labute approximate surface area is 85.9 Å². The minimum absolute atomic E-state index is 0.103. The molecule has 1 heterocycles. The summed E-state index contributed by atoms with van der Waals surface area (Å²) in [6.07, 6.45) is 5.84. The predicted molar refractivity (Wildman–Crippen MR) is 55.3 cm³/mol. The molecule has 1 rings (SSSR count). The van der Waals surface area contributed by atoms with Crippen molar-refractivity contribution in [3.8, 4) is 0 Å². The van der Waals surface area contributed by atoms with Crippen LogP contribution in [0, 0.1) is 0 Å². The summed E-state index contributed by atoms with van der Waals surface area (Å²) in [5, 5.41) is 0. The van der Waals surface area contributed by atoms with E-state index in [2.05, 4.69) is 6.58 Å². The van der Waals surface area contributed by atoms with Crippen molar-refractivity contribution in [1.29, 1.82) is 0 Å². The molecule has 1 fully saturated rings. The molecule has 0 amide bonds. The molecule has 0 aromatic carbocycles. The third-order valence-corrected chi connectivity index (χ3v) is 2.68. The third-order valence-electron chi connectivity index (χ3n) is 2.68. The zero-order valence-electron chi connectivity index (χ0n) is 9.00. The first kappa shape index (κ1) is 11.2. The maximum atomic E-state index is 11.3. The Bertz CT molecular complexity index is 207. The molecule has 1 saturated heterocycles. The highest BCUT2D eigenvalue weighted by Gasteiger charge is 2.33. The molecule has 3 nitrogen and oxygen atoms in total. The van der Waals surface area contributed by atoms with Crippen LogP contribution < -0.4 is 0 Å². The summed E-state index contributed by atoms with van der Waals surface area (Å²) in [5.74, 6) is -0.103. The van der Waals surface area contributed by atoms with Gasteiger partial charge in [0.25, 0.3) is 0 Å². The first-order valence-electron chi connectivity index (χ1n) is 5.42. The fraction of sp³-hybridized carbons (Fsp3) is 0.727. The molecular weight excluding hydrogens is 178 g/mol. The van der Waals surface area contributed by atoms with Crippen molar-refractivity contribution in [2.24, 2.45) is 0 Å². The Morgan fingerprint density at radius 2 is 2.07 bits per heavy atom. The normalized spacial score (nSPS) is 20.1. The van der Waals surface area contributed by atoms with E-state index in [1.54, 1.807) is 0 Å². The van der Waals surface area contributed by atoms with E-state index in [-0.39, 0.29) is 5.97 Å². The van der Waals surface area contributed by atoms with E-state index in [1.165, 1.54) is 6.42 Å². The van der Waals surface area contributed by atoms with Gasteiger partial charge in [-0.3, -0.25) is 4.84 Å². The van der Waals surface area contributed by atoms with Gasteiger partial charge in [0.1, 0.15) is 19.6 Å². The molecule has 0 spiro atoms. The number of carbonyl (C=O) groups excluding carboxylic acids is 1. The fourth-order valence-electron chi connectivity index (χ4n) is 1.92. The highest BCUT2D eigenvalue weighted by molar-refractivity contribution is 5.68. The molecule has 14 heavy (non-hydrogen) atoms. The molecule has 0 aromatic heterocycles. The topological polar surface area (TPSA) is 26.3 Å². The minimum atomic E-state index is -0.103. The van der Waals surface area contributed by atoms with Crippen LogP contribution in [-0.2, 0) is 9.63 Å². The van der Waals surface area contributed by atoms with Crippen molar-refractivity contribution in [3.63, 3.8) is 0 Å². The minimum Gasteiger partial charge on any atom is -0.276 e. The summed E-state index contributed by atoms with van der Waals surface area (Å²) in [7, 11) is 0. The lowest BCUT2D eigenvalue weighted by atomic mass is 10.1. The molecule has 0 bridgehead atoms. The third kappa shape index (κ3) is 2.84. The van der Waals surface area contributed by atoms with Crippen LogP contribution in [0.5, 0.6) is 0 Å². The summed E-state index contributed by atoms with van der Waals surface area (Å²) in [5.41, 5.74) is 0. The average molecular weight is 198 g/mol. The van der Waals surface area contributed by atoms with E-state index in [1.807, 2.05) is 13.0 Å². The van der Waals surface area contributed by atoms with Crippen molar-refractivity contribution >= 4 is 5.97 Å². The Morgan fingerprint density at radius 1 is 1.43 bits per heavy atom. The lowest BCUT2D eigenvalue weighted by molar-refractivity contribution is -1.09. The molecule has 0 aromatic rings. The Balaban J connectivity index is 2.59. The number of piperidine rings is 1. The highest BCUT2D eigenvalue weighted by atomic mass is 16.7. The number of hydroxylamine groups is 3. The number of hydrogen-bond donors (Lipinski definition) is 0. The molecule has 1 aliphatic rings. The molecule has 0 radical (unpaired) electrons. The van der Waals surface area contributed by atoms with Crippen molar-refractivity contribution in [1.82, 2.24) is 0 Å². The second-order valence-corrected chi connectivity index (χ2v) is 3.85. The van der Waals surface area contributed by atoms with Crippen LogP contribution in [0.1, 0.15) is 32.6 Å². The predicted octanol–water partition coefficient (Wildman–Crippen LogP) is 2.04. The van der Waals surface area contributed by atoms with Gasteiger partial charge in [0.15, 0.2) is 0 Å². The van der Waals surface area contributed by atoms with Gasteiger partial charge in [-0.05, 0) is 12.5 Å². The monoisotopic (exact) mass is 198 g/mol. The standard InChI is InChI=1S/C11H20NO2/c1-3-8-12(14-11(13)4-2)9-6-5-7-10-12/h3H,1,4-10H2,2H3/q+1. The largest absolute Gasteiger partial charge is 0.366 e. The molecule has 1 aliphatic heterocycles. The number of hydrogen-bond acceptors (Lipinski definition) is 2. The van der Waals surface area contributed by atoms with Crippen LogP contribution in [-0.4, -0.2) is 30.2 Å². The van der Waals surface area contributed by atoms with E-state index in [4.69, 9.17) is 4.84 Å². The molecule has 80 valence electrons. The Kier molecular flexibility index (Phi) is 4.14. The van der Waals surface area contributed by atoms with E-state index in [0.29, 0.717) is 11.1 Å². The smallest absolute Gasteiger partial charge is 0.276 e. The summed E-state index contributed by atoms with van der Waals surface area (Å²) < 4.78 is 0.468. The van der Waals surface area contributed by atoms with Gasteiger partial charge in [0, 0.05) is 19.3 Å². The van der Waals surface area contributed by atoms with Crippen molar-refractivity contribution in [3.05, 3.63) is 12.7 Å². The van der Waals surface area contributed by atoms with Crippen molar-refractivity contribution in [2.45, 2.75) is 32.6 Å². The number of likely N-dealkylation sites (tertiary alicyclic amines) is 1. The lowest BCUT2D eigenvalue weighted by Gasteiger charge is -2.36. The van der Waals surface area contributed by atoms with Gasteiger partial charge >= 0.3 is 5.97 Å². The first-order valence-corrected chi connectivity index (χ1v) is 5.42. The van der Waals surface area contributed by atoms with Gasteiger partial charge in [-0.2, -0.15) is 0 Å². The molecule has 0 aliphatic carbocycles. The van der Waals surface area contributed by atoms with Gasteiger partial charge in [-0.25, -0.2) is 4.79 Å². The number of quaternary nitrogens is 1. The van der Waals surface area contributed by atoms with Gasteiger partial charge in [-0.15, -0.1) is 4.65 Å². The van der Waals surface area contributed by atoms with E-state index >= 15 is 0 Å². The number of carbonyl (C=O) groups is 1. The second-order valence-electron chi connectivity index (χ2n) is 3.85. The number of nitrogens with zero attached hydrogens (tertiary/aromatic N) is 1. The molecular formula is C11H20NO2+. The van der Waals surface area contributed by atoms with Crippen LogP contribution in [0.15, 0.2) is 12.7 Å². The van der Waals surface area contributed by atoms with E-state index in [0.717, 1.165) is 32.5 Å². The van der Waals surface area contributed by atoms with Crippen LogP contribution in [0.2, 0.25) is 0 Å². The van der Waals surface area contributed by atoms with Crippen LogP contribution >= 0.6 is 0 Å². The highest BCUT2D eigenvalue weighted by Crippen LogP contribution is 2.20. The van der Waals surface area contributed by atoms with Crippen LogP contribution in [0.4, 0.5) is 0 Å². The maximum Gasteiger partial charge on any atom is 0.366 e. The zero-order valence-corrected chi connectivity index (χ0v) is 9.00. The van der Waals surface area contributed by atoms with Crippen molar-refractivity contribution in [2.75, 3.05) is 19.6 Å². The Hall–Kier alpha value is -0.830. The molecule has 0 saturated carbocycles. The molecule has 3 heteroatoms. The zero-order chi connectivity index (χ0) is 10.4. The van der Waals surface area contributed by atoms with Gasteiger partial charge < -0.3 is 0 Å². The van der Waals surface area contributed by atoms with Gasteiger partial charge in [-0.1, -0.05) is 13.5 Å². The first-order chi connectivity index (χ1) is 6.72.